The second-order valence-corrected chi connectivity index (χ2v) is 12.4. The number of nitrogens with one attached hydrogen (secondary N) is 2. The van der Waals surface area contributed by atoms with E-state index in [4.69, 9.17) is 17.3 Å². The Morgan fingerprint density at radius 2 is 1.64 bits per heavy atom. The molecule has 5 aromatic rings. The lowest BCUT2D eigenvalue weighted by atomic mass is 10.1. The number of hydrazone groups is 1. The Balaban J connectivity index is 1.31. The van der Waals surface area contributed by atoms with Crippen LogP contribution in [0.5, 0.6) is 0 Å². The molecule has 0 amide bonds. The van der Waals surface area contributed by atoms with Crippen LogP contribution in [0.4, 0.5) is 11.4 Å². The van der Waals surface area contributed by atoms with Gasteiger partial charge in [0.1, 0.15) is 11.4 Å². The number of hydrogen-bond acceptors (Lipinski definition) is 5. The maximum absolute atomic E-state index is 13.5. The molecule has 1 aromatic heterocycles. The SMILES string of the molecule is Cc1ccc(NC(=S)N/N=C/c2ccc(-n3nc4c(c3-c3ccccc3)N(C)S(=O)(=O)c3ccccc3-4)cc2)c(C)c1. The summed E-state index contributed by atoms with van der Waals surface area (Å²) in [7, 11) is -2.16. The number of benzene rings is 4. The number of rotatable bonds is 5. The van der Waals surface area contributed by atoms with Crippen LogP contribution in [0.25, 0.3) is 28.2 Å². The van der Waals surface area contributed by atoms with E-state index in [0.29, 0.717) is 27.8 Å². The van der Waals surface area contributed by atoms with Gasteiger partial charge in [-0.2, -0.15) is 10.2 Å². The van der Waals surface area contributed by atoms with Gasteiger partial charge in [0.25, 0.3) is 10.0 Å². The fourth-order valence-electron chi connectivity index (χ4n) is 5.06. The smallest absolute Gasteiger partial charge is 0.264 e. The molecule has 0 fully saturated rings. The van der Waals surface area contributed by atoms with Crippen LogP contribution in [0, 0.1) is 13.8 Å². The molecule has 0 atom stereocenters. The monoisotopic (exact) mass is 592 g/mol. The molecule has 2 N–H and O–H groups in total. The average Bonchev–Trinajstić information content (AvgIpc) is 3.39. The molecular weight excluding hydrogens is 565 g/mol. The van der Waals surface area contributed by atoms with Gasteiger partial charge in [0.15, 0.2) is 5.11 Å². The summed E-state index contributed by atoms with van der Waals surface area (Å²) in [6.45, 7) is 4.07. The highest BCUT2D eigenvalue weighted by molar-refractivity contribution is 7.93. The molecule has 0 saturated heterocycles. The second kappa shape index (κ2) is 10.9. The number of sulfonamides is 1. The maximum Gasteiger partial charge on any atom is 0.264 e. The van der Waals surface area contributed by atoms with E-state index in [-0.39, 0.29) is 4.90 Å². The number of aromatic nitrogens is 2. The van der Waals surface area contributed by atoms with Crippen LogP contribution in [0.15, 0.2) is 107 Å². The van der Waals surface area contributed by atoms with E-state index in [9.17, 15) is 8.42 Å². The summed E-state index contributed by atoms with van der Waals surface area (Å²) in [5.41, 5.74) is 11.0. The summed E-state index contributed by atoms with van der Waals surface area (Å²) >= 11 is 5.39. The molecule has 1 aliphatic rings. The van der Waals surface area contributed by atoms with E-state index < -0.39 is 10.0 Å². The Bertz CT molecular complexity index is 1950. The molecule has 0 radical (unpaired) electrons. The number of hydrogen-bond donors (Lipinski definition) is 2. The first kappa shape index (κ1) is 27.4. The van der Waals surface area contributed by atoms with E-state index in [1.807, 2.05) is 86.6 Å². The van der Waals surface area contributed by atoms with Crippen LogP contribution >= 0.6 is 12.2 Å². The van der Waals surface area contributed by atoms with E-state index in [1.54, 1.807) is 36.1 Å². The standard InChI is InChI=1S/C32H28N6O2S2/c1-21-13-18-27(22(2)19-21)34-32(41)35-33-20-23-14-16-25(17-15-23)38-30(24-9-5-4-6-10-24)31-29(36-38)26-11-7-8-12-28(26)42(39,40)37(31)3/h4-20H,1-3H3,(H2,34,35,41)/b33-20+. The lowest BCUT2D eigenvalue weighted by molar-refractivity contribution is 0.594. The normalized spacial score (nSPS) is 13.5. The largest absolute Gasteiger partial charge is 0.331 e. The van der Waals surface area contributed by atoms with Crippen LogP contribution < -0.4 is 15.0 Å². The van der Waals surface area contributed by atoms with Gasteiger partial charge in [0, 0.05) is 23.9 Å². The third kappa shape index (κ3) is 4.95. The van der Waals surface area contributed by atoms with Crippen LogP contribution in [0.3, 0.4) is 0 Å². The van der Waals surface area contributed by atoms with Gasteiger partial charge in [0.05, 0.1) is 22.5 Å². The van der Waals surface area contributed by atoms with Crippen molar-refractivity contribution in [2.45, 2.75) is 18.7 Å². The number of nitrogens with zero attached hydrogens (tertiary/aromatic N) is 4. The van der Waals surface area contributed by atoms with E-state index >= 15 is 0 Å². The Morgan fingerprint density at radius 3 is 2.38 bits per heavy atom. The molecular formula is C32H28N6O2S2. The third-order valence-electron chi connectivity index (χ3n) is 7.15. The maximum atomic E-state index is 13.5. The van der Waals surface area contributed by atoms with Gasteiger partial charge in [0.2, 0.25) is 0 Å². The molecule has 2 heterocycles. The first-order chi connectivity index (χ1) is 20.2. The molecule has 4 aromatic carbocycles. The topological polar surface area (TPSA) is 91.6 Å². The van der Waals surface area contributed by atoms with Crippen molar-refractivity contribution in [3.8, 4) is 28.2 Å². The predicted molar refractivity (Wildman–Crippen MR) is 173 cm³/mol. The summed E-state index contributed by atoms with van der Waals surface area (Å²) in [6.07, 6.45) is 1.68. The Kier molecular flexibility index (Phi) is 7.09. The fourth-order valence-corrected chi connectivity index (χ4v) is 6.62. The minimum absolute atomic E-state index is 0.244. The minimum Gasteiger partial charge on any atom is -0.331 e. The predicted octanol–water partition coefficient (Wildman–Crippen LogP) is 6.28. The van der Waals surface area contributed by atoms with E-state index in [0.717, 1.165) is 28.1 Å². The Hall–Kier alpha value is -4.80. The number of aryl methyl sites for hydroxylation is 2. The van der Waals surface area contributed by atoms with E-state index in [2.05, 4.69) is 21.9 Å². The first-order valence-corrected chi connectivity index (χ1v) is 15.1. The summed E-state index contributed by atoms with van der Waals surface area (Å²) in [4.78, 5) is 0.244. The molecule has 0 unspecified atom stereocenters. The molecule has 42 heavy (non-hydrogen) atoms. The number of anilines is 2. The van der Waals surface area contributed by atoms with Crippen molar-refractivity contribution in [3.05, 3.63) is 114 Å². The first-order valence-electron chi connectivity index (χ1n) is 13.3. The minimum atomic E-state index is -3.74. The van der Waals surface area contributed by atoms with Crippen molar-refractivity contribution in [3.63, 3.8) is 0 Å². The summed E-state index contributed by atoms with van der Waals surface area (Å²) < 4.78 is 30.1. The van der Waals surface area contributed by atoms with E-state index in [1.165, 1.54) is 9.87 Å². The highest BCUT2D eigenvalue weighted by Crippen LogP contribution is 2.47. The van der Waals surface area contributed by atoms with Gasteiger partial charge in [-0.25, -0.2) is 13.1 Å². The zero-order valence-electron chi connectivity index (χ0n) is 23.2. The molecule has 0 spiro atoms. The van der Waals surface area contributed by atoms with Gasteiger partial charge in [-0.3, -0.25) is 9.73 Å². The van der Waals surface area contributed by atoms with Crippen LogP contribution in [-0.2, 0) is 10.0 Å². The van der Waals surface area contributed by atoms with Crippen LogP contribution in [-0.4, -0.2) is 36.6 Å². The average molecular weight is 593 g/mol. The molecule has 0 aliphatic carbocycles. The lowest BCUT2D eigenvalue weighted by Gasteiger charge is -2.26. The van der Waals surface area contributed by atoms with Crippen molar-refractivity contribution in [1.82, 2.24) is 15.2 Å². The summed E-state index contributed by atoms with van der Waals surface area (Å²) in [5.74, 6) is 0. The number of fused-ring (bicyclic) bond motifs is 3. The Labute approximate surface area is 250 Å². The second-order valence-electron chi connectivity index (χ2n) is 10.0. The van der Waals surface area contributed by atoms with Gasteiger partial charge < -0.3 is 5.32 Å². The molecule has 6 rings (SSSR count). The van der Waals surface area contributed by atoms with Crippen molar-refractivity contribution < 1.29 is 8.42 Å². The summed E-state index contributed by atoms with van der Waals surface area (Å²) in [6, 6.07) is 30.5. The highest BCUT2D eigenvalue weighted by atomic mass is 32.2. The molecule has 210 valence electrons. The van der Waals surface area contributed by atoms with Gasteiger partial charge in [-0.15, -0.1) is 0 Å². The van der Waals surface area contributed by atoms with Crippen LogP contribution in [0.2, 0.25) is 0 Å². The van der Waals surface area contributed by atoms with Crippen molar-refractivity contribution in [2.24, 2.45) is 5.10 Å². The third-order valence-corrected chi connectivity index (χ3v) is 9.16. The quantitative estimate of drug-likeness (QED) is 0.142. The van der Waals surface area contributed by atoms with Gasteiger partial charge >= 0.3 is 0 Å². The van der Waals surface area contributed by atoms with Crippen molar-refractivity contribution >= 4 is 44.9 Å². The molecule has 0 bridgehead atoms. The fraction of sp³-hybridized carbons (Fsp3) is 0.0938. The van der Waals surface area contributed by atoms with Crippen LogP contribution in [0.1, 0.15) is 16.7 Å². The zero-order chi connectivity index (χ0) is 29.4. The lowest BCUT2D eigenvalue weighted by Crippen LogP contribution is -2.30. The highest BCUT2D eigenvalue weighted by Gasteiger charge is 2.38. The number of thiocarbonyl (C=S) groups is 1. The molecule has 0 saturated carbocycles. The van der Waals surface area contributed by atoms with Gasteiger partial charge in [-0.05, 0) is 61.5 Å². The Morgan fingerprint density at radius 1 is 0.929 bits per heavy atom. The summed E-state index contributed by atoms with van der Waals surface area (Å²) in [5, 5.41) is 12.8. The molecule has 8 nitrogen and oxygen atoms in total. The van der Waals surface area contributed by atoms with Gasteiger partial charge in [-0.1, -0.05) is 78.4 Å². The van der Waals surface area contributed by atoms with Crippen molar-refractivity contribution in [1.29, 1.82) is 0 Å². The zero-order valence-corrected chi connectivity index (χ0v) is 24.9. The van der Waals surface area contributed by atoms with Crippen molar-refractivity contribution in [2.75, 3.05) is 16.7 Å². The molecule has 10 heteroatoms. The molecule has 1 aliphatic heterocycles.